The topological polar surface area (TPSA) is 56.5 Å². The van der Waals surface area contributed by atoms with Gasteiger partial charge in [-0.3, -0.25) is 9.55 Å². The summed E-state index contributed by atoms with van der Waals surface area (Å²) in [7, 11) is 0. The molecule has 0 bridgehead atoms. The lowest BCUT2D eigenvalue weighted by atomic mass is 9.82. The zero-order valence-corrected chi connectivity index (χ0v) is 35.4. The van der Waals surface area contributed by atoms with Crippen LogP contribution in [0.2, 0.25) is 0 Å². The zero-order chi connectivity index (χ0) is 42.8. The molecule has 0 radical (unpaired) electrons. The number of rotatable bonds is 7. The van der Waals surface area contributed by atoms with Crippen LogP contribution >= 0.6 is 0 Å². The Bertz CT molecular complexity index is 3550. The Kier molecular flexibility index (Phi) is 8.76. The largest absolute Gasteiger partial charge is 0.291 e. The SMILES string of the molecule is CC1(C)c2ccccc2-c2c(-c3nc(-c4ccccc4)cc(-c4ccc(-c5ccc(-c6ccc(-n7c(-c8ccccn8)nc8ccccc87)cc6)c6ccccc56)cc4)n3)cccc21. The van der Waals surface area contributed by atoms with E-state index in [1.165, 1.54) is 44.2 Å². The van der Waals surface area contributed by atoms with Gasteiger partial charge in [0.2, 0.25) is 0 Å². The summed E-state index contributed by atoms with van der Waals surface area (Å²) in [6.07, 6.45) is 1.82. The maximum absolute atomic E-state index is 5.33. The van der Waals surface area contributed by atoms with Crippen molar-refractivity contribution in [1.29, 1.82) is 0 Å². The minimum Gasteiger partial charge on any atom is -0.291 e. The summed E-state index contributed by atoms with van der Waals surface area (Å²) in [5.41, 5.74) is 18.4. The highest BCUT2D eigenvalue weighted by Gasteiger charge is 2.37. The average Bonchev–Trinajstić information content (AvgIpc) is 3.87. The van der Waals surface area contributed by atoms with Crippen LogP contribution in [-0.4, -0.2) is 24.5 Å². The normalized spacial score (nSPS) is 12.7. The zero-order valence-electron chi connectivity index (χ0n) is 35.4. The Morgan fingerprint density at radius 1 is 0.406 bits per heavy atom. The van der Waals surface area contributed by atoms with Gasteiger partial charge in [-0.1, -0.05) is 178 Å². The number of aromatic nitrogens is 5. The van der Waals surface area contributed by atoms with Gasteiger partial charge >= 0.3 is 0 Å². The molecule has 0 fully saturated rings. The van der Waals surface area contributed by atoms with Gasteiger partial charge in [0.25, 0.3) is 0 Å². The molecule has 0 aliphatic heterocycles. The molecule has 1 aliphatic carbocycles. The summed E-state index contributed by atoms with van der Waals surface area (Å²) in [6.45, 7) is 4.63. The molecule has 0 saturated carbocycles. The van der Waals surface area contributed by atoms with Crippen LogP contribution in [0.15, 0.2) is 212 Å². The molecule has 11 aromatic rings. The second-order valence-corrected chi connectivity index (χ2v) is 17.0. The van der Waals surface area contributed by atoms with E-state index >= 15 is 0 Å². The first kappa shape index (κ1) is 37.5. The van der Waals surface area contributed by atoms with Crippen LogP contribution in [0, 0.1) is 0 Å². The molecule has 3 aromatic heterocycles. The van der Waals surface area contributed by atoms with Gasteiger partial charge in [-0.05, 0) is 97.7 Å². The van der Waals surface area contributed by atoms with Crippen LogP contribution in [0.1, 0.15) is 25.0 Å². The van der Waals surface area contributed by atoms with Crippen LogP contribution in [0.25, 0.3) is 106 Å². The number of imidazole rings is 1. The van der Waals surface area contributed by atoms with Gasteiger partial charge in [0.05, 0.1) is 22.4 Å². The van der Waals surface area contributed by atoms with Crippen molar-refractivity contribution < 1.29 is 0 Å². The molecule has 0 amide bonds. The first-order valence-electron chi connectivity index (χ1n) is 21.8. The summed E-state index contributed by atoms with van der Waals surface area (Å²) in [5.74, 6) is 1.55. The molecule has 0 atom stereocenters. The molecule has 3 heterocycles. The predicted octanol–water partition coefficient (Wildman–Crippen LogP) is 14.7. The third kappa shape index (κ3) is 6.16. The second-order valence-electron chi connectivity index (χ2n) is 17.0. The minimum absolute atomic E-state index is 0.119. The standard InChI is InChI=1S/C59H41N5/c1-59(2)49-21-9-8-19-47(49)56-48(20-14-22-50(56)59)57-61-53(40-15-4-3-5-16-40)37-54(62-57)41-28-26-38(27-29-41)43-34-35-44(46-18-7-6-17-45(43)46)39-30-32-42(33-31-39)64-55-25-11-10-23-51(55)63-58(64)52-24-12-13-36-60-52/h3-37H,1-2H3. The lowest BCUT2D eigenvalue weighted by Crippen LogP contribution is -2.14. The Balaban J connectivity index is 0.911. The number of nitrogens with zero attached hydrogens (tertiary/aromatic N) is 5. The van der Waals surface area contributed by atoms with Crippen LogP contribution in [0.4, 0.5) is 0 Å². The molecular formula is C59H41N5. The van der Waals surface area contributed by atoms with Crippen LogP contribution < -0.4 is 0 Å². The van der Waals surface area contributed by atoms with E-state index in [1.54, 1.807) is 0 Å². The van der Waals surface area contributed by atoms with Crippen LogP contribution in [-0.2, 0) is 5.41 Å². The number of fused-ring (bicyclic) bond motifs is 5. The van der Waals surface area contributed by atoms with Gasteiger partial charge in [0.1, 0.15) is 5.69 Å². The monoisotopic (exact) mass is 819 g/mol. The summed E-state index contributed by atoms with van der Waals surface area (Å²) in [4.78, 5) is 20.2. The molecular weight excluding hydrogens is 779 g/mol. The molecule has 12 rings (SSSR count). The van der Waals surface area contributed by atoms with Gasteiger partial charge < -0.3 is 0 Å². The van der Waals surface area contributed by atoms with Crippen LogP contribution in [0.5, 0.6) is 0 Å². The Hall–Kier alpha value is -8.28. The van der Waals surface area contributed by atoms with Gasteiger partial charge in [-0.2, -0.15) is 0 Å². The van der Waals surface area contributed by atoms with Crippen molar-refractivity contribution in [3.63, 3.8) is 0 Å². The molecule has 1 aliphatic rings. The van der Waals surface area contributed by atoms with E-state index in [-0.39, 0.29) is 5.41 Å². The fourth-order valence-electron chi connectivity index (χ4n) is 9.78. The fourth-order valence-corrected chi connectivity index (χ4v) is 9.78. The molecule has 0 saturated heterocycles. The van der Waals surface area contributed by atoms with E-state index in [0.717, 1.165) is 73.3 Å². The van der Waals surface area contributed by atoms with E-state index in [9.17, 15) is 0 Å². The summed E-state index contributed by atoms with van der Waals surface area (Å²) < 4.78 is 2.20. The molecule has 0 unspecified atom stereocenters. The fraction of sp³-hybridized carbons (Fsp3) is 0.0508. The van der Waals surface area contributed by atoms with Crippen molar-refractivity contribution in [2.45, 2.75) is 19.3 Å². The van der Waals surface area contributed by atoms with E-state index in [2.05, 4.69) is 199 Å². The highest BCUT2D eigenvalue weighted by atomic mass is 15.1. The molecule has 302 valence electrons. The van der Waals surface area contributed by atoms with Gasteiger partial charge in [0, 0.05) is 34.0 Å². The lowest BCUT2D eigenvalue weighted by Gasteiger charge is -2.21. The predicted molar refractivity (Wildman–Crippen MR) is 262 cm³/mol. The second kappa shape index (κ2) is 15.0. The van der Waals surface area contributed by atoms with E-state index < -0.39 is 0 Å². The Morgan fingerprint density at radius 3 is 1.70 bits per heavy atom. The molecule has 5 heteroatoms. The minimum atomic E-state index is -0.119. The number of para-hydroxylation sites is 2. The third-order valence-corrected chi connectivity index (χ3v) is 13.0. The molecule has 0 spiro atoms. The van der Waals surface area contributed by atoms with Gasteiger partial charge in [-0.15, -0.1) is 0 Å². The number of hydrogen-bond donors (Lipinski definition) is 0. The van der Waals surface area contributed by atoms with Crippen molar-refractivity contribution in [3.05, 3.63) is 224 Å². The highest BCUT2D eigenvalue weighted by Crippen LogP contribution is 2.52. The van der Waals surface area contributed by atoms with Crippen molar-refractivity contribution in [2.24, 2.45) is 0 Å². The van der Waals surface area contributed by atoms with Crippen LogP contribution in [0.3, 0.4) is 0 Å². The smallest absolute Gasteiger partial charge is 0.164 e. The Morgan fingerprint density at radius 2 is 0.984 bits per heavy atom. The van der Waals surface area contributed by atoms with Crippen molar-refractivity contribution in [2.75, 3.05) is 0 Å². The summed E-state index contributed by atoms with van der Waals surface area (Å²) in [6, 6.07) is 73.0. The molecule has 0 N–H and O–H groups in total. The van der Waals surface area contributed by atoms with E-state index in [0.29, 0.717) is 0 Å². The van der Waals surface area contributed by atoms with E-state index in [1.807, 2.05) is 36.5 Å². The highest BCUT2D eigenvalue weighted by molar-refractivity contribution is 6.05. The van der Waals surface area contributed by atoms with Gasteiger partial charge in [-0.25, -0.2) is 15.0 Å². The van der Waals surface area contributed by atoms with Crippen molar-refractivity contribution >= 4 is 21.8 Å². The first-order chi connectivity index (χ1) is 31.5. The molecule has 64 heavy (non-hydrogen) atoms. The number of benzene rings is 8. The van der Waals surface area contributed by atoms with Crippen molar-refractivity contribution in [3.8, 4) is 84.5 Å². The van der Waals surface area contributed by atoms with E-state index in [4.69, 9.17) is 15.0 Å². The third-order valence-electron chi connectivity index (χ3n) is 13.0. The maximum atomic E-state index is 5.33. The summed E-state index contributed by atoms with van der Waals surface area (Å²) in [5, 5.41) is 2.40. The van der Waals surface area contributed by atoms with Crippen molar-refractivity contribution in [1.82, 2.24) is 24.5 Å². The summed E-state index contributed by atoms with van der Waals surface area (Å²) >= 11 is 0. The van der Waals surface area contributed by atoms with Gasteiger partial charge in [0.15, 0.2) is 11.6 Å². The lowest BCUT2D eigenvalue weighted by molar-refractivity contribution is 0.660. The quantitative estimate of drug-likeness (QED) is 0.161. The molecule has 5 nitrogen and oxygen atoms in total. The Labute approximate surface area is 372 Å². The number of hydrogen-bond acceptors (Lipinski definition) is 4. The maximum Gasteiger partial charge on any atom is 0.164 e. The average molecular weight is 820 g/mol. The molecule has 8 aromatic carbocycles. The number of pyridine rings is 1. The first-order valence-corrected chi connectivity index (χ1v) is 21.8.